The molecular weight excluding hydrogens is 467 g/mol. The van der Waals surface area contributed by atoms with Gasteiger partial charge in [-0.1, -0.05) is 13.8 Å². The van der Waals surface area contributed by atoms with Gasteiger partial charge in [-0.3, -0.25) is 4.79 Å². The van der Waals surface area contributed by atoms with E-state index in [2.05, 4.69) is 19.9 Å². The van der Waals surface area contributed by atoms with Crippen molar-refractivity contribution in [3.05, 3.63) is 18.0 Å². The Hall–Kier alpha value is -3.22. The molecule has 0 aliphatic carbocycles. The van der Waals surface area contributed by atoms with E-state index < -0.39 is 17.8 Å². The summed E-state index contributed by atoms with van der Waals surface area (Å²) in [5, 5.41) is 0. The van der Waals surface area contributed by atoms with Gasteiger partial charge in [0.2, 0.25) is 23.7 Å². The molecule has 0 aromatic carbocycles. The number of hydrogen-bond acceptors (Lipinski definition) is 9. The third-order valence-electron chi connectivity index (χ3n) is 5.87. The lowest BCUT2D eigenvalue weighted by atomic mass is 10.1. The minimum absolute atomic E-state index is 0.0174. The average molecular weight is 496 g/mol. The Morgan fingerprint density at radius 3 is 2.46 bits per heavy atom. The number of hydrogen-bond donors (Lipinski definition) is 1. The first kappa shape index (κ1) is 24.9. The summed E-state index contributed by atoms with van der Waals surface area (Å²) in [5.74, 6) is -0.0979. The number of carbonyl (C=O) groups is 1. The highest BCUT2D eigenvalue weighted by atomic mass is 19.4. The largest absolute Gasteiger partial charge is 0.474 e. The van der Waals surface area contributed by atoms with Crippen LogP contribution in [0.4, 0.5) is 25.1 Å². The zero-order chi connectivity index (χ0) is 25.2. The molecule has 4 rings (SSSR count). The minimum atomic E-state index is -4.76. The van der Waals surface area contributed by atoms with Crippen LogP contribution in [-0.4, -0.2) is 76.2 Å². The number of piperidine rings is 1. The van der Waals surface area contributed by atoms with Gasteiger partial charge in [-0.15, -0.1) is 0 Å². The standard InChI is InChI=1S/C22H28F3N7O3/c1-13(2)19(33)31-5-3-14(4-6-31)35-17-11-16(28-21(29-17)32-7-9-34-10-8-32)15-12-27-20(26)30-18(15)22(23,24)25/h11-14H,3-10H2,1-2H3,(H2,26,27,30). The molecule has 2 aliphatic rings. The number of ether oxygens (including phenoxy) is 2. The number of rotatable bonds is 5. The molecular formula is C22H28F3N7O3. The second kappa shape index (κ2) is 10.2. The number of alkyl halides is 3. The van der Waals surface area contributed by atoms with Crippen molar-refractivity contribution in [2.75, 3.05) is 50.0 Å². The van der Waals surface area contributed by atoms with Crippen LogP contribution in [0.1, 0.15) is 32.4 Å². The molecule has 2 saturated heterocycles. The first-order valence-corrected chi connectivity index (χ1v) is 11.5. The second-order valence-electron chi connectivity index (χ2n) is 8.78. The molecule has 2 fully saturated rings. The highest BCUT2D eigenvalue weighted by Gasteiger charge is 2.37. The second-order valence-corrected chi connectivity index (χ2v) is 8.78. The van der Waals surface area contributed by atoms with E-state index in [1.165, 1.54) is 6.07 Å². The molecule has 35 heavy (non-hydrogen) atoms. The topological polar surface area (TPSA) is 120 Å². The van der Waals surface area contributed by atoms with E-state index >= 15 is 0 Å². The minimum Gasteiger partial charge on any atom is -0.474 e. The fourth-order valence-corrected chi connectivity index (χ4v) is 4.04. The number of nitrogens with zero attached hydrogens (tertiary/aromatic N) is 6. The fraction of sp³-hybridized carbons (Fsp3) is 0.591. The quantitative estimate of drug-likeness (QED) is 0.667. The molecule has 4 heterocycles. The van der Waals surface area contributed by atoms with Crippen LogP contribution < -0.4 is 15.4 Å². The molecule has 0 radical (unpaired) electrons. The van der Waals surface area contributed by atoms with Crippen molar-refractivity contribution in [1.29, 1.82) is 0 Å². The maximum Gasteiger partial charge on any atom is 0.434 e. The van der Waals surface area contributed by atoms with Crippen molar-refractivity contribution in [1.82, 2.24) is 24.8 Å². The van der Waals surface area contributed by atoms with Crippen LogP contribution in [0.5, 0.6) is 5.88 Å². The Morgan fingerprint density at radius 1 is 1.14 bits per heavy atom. The smallest absolute Gasteiger partial charge is 0.434 e. The first-order chi connectivity index (χ1) is 16.6. The van der Waals surface area contributed by atoms with Gasteiger partial charge in [-0.2, -0.15) is 18.2 Å². The van der Waals surface area contributed by atoms with E-state index in [9.17, 15) is 18.0 Å². The predicted molar refractivity (Wildman–Crippen MR) is 121 cm³/mol. The van der Waals surface area contributed by atoms with Crippen molar-refractivity contribution in [2.45, 2.75) is 39.0 Å². The van der Waals surface area contributed by atoms with Gasteiger partial charge in [0.25, 0.3) is 0 Å². The molecule has 190 valence electrons. The molecule has 0 unspecified atom stereocenters. The lowest BCUT2D eigenvalue weighted by Gasteiger charge is -2.33. The number of likely N-dealkylation sites (tertiary alicyclic amines) is 1. The number of nitrogen functional groups attached to an aromatic ring is 1. The van der Waals surface area contributed by atoms with Gasteiger partial charge in [0.05, 0.1) is 18.9 Å². The summed E-state index contributed by atoms with van der Waals surface area (Å²) in [4.78, 5) is 31.9. The fourth-order valence-electron chi connectivity index (χ4n) is 4.04. The van der Waals surface area contributed by atoms with E-state index in [0.29, 0.717) is 52.2 Å². The van der Waals surface area contributed by atoms with Gasteiger partial charge in [0.1, 0.15) is 6.10 Å². The third kappa shape index (κ3) is 5.89. The number of aromatic nitrogens is 4. The Balaban J connectivity index is 1.64. The van der Waals surface area contributed by atoms with Crippen molar-refractivity contribution >= 4 is 17.8 Å². The molecule has 0 spiro atoms. The number of nitrogens with two attached hydrogens (primary N) is 1. The number of anilines is 2. The Labute approximate surface area is 200 Å². The van der Waals surface area contributed by atoms with Crippen molar-refractivity contribution < 1.29 is 27.4 Å². The van der Waals surface area contributed by atoms with Crippen LogP contribution in [0, 0.1) is 5.92 Å². The van der Waals surface area contributed by atoms with E-state index in [1.807, 2.05) is 18.7 Å². The summed E-state index contributed by atoms with van der Waals surface area (Å²) in [7, 11) is 0. The van der Waals surface area contributed by atoms with Gasteiger partial charge in [-0.25, -0.2) is 15.0 Å². The molecule has 2 aliphatic heterocycles. The summed E-state index contributed by atoms with van der Waals surface area (Å²) in [6.45, 7) is 6.68. The zero-order valence-corrected chi connectivity index (χ0v) is 19.6. The van der Waals surface area contributed by atoms with Crippen molar-refractivity contribution in [3.8, 4) is 17.1 Å². The molecule has 10 nitrogen and oxygen atoms in total. The maximum atomic E-state index is 13.7. The molecule has 2 N–H and O–H groups in total. The van der Waals surface area contributed by atoms with Crippen molar-refractivity contribution in [3.63, 3.8) is 0 Å². The summed E-state index contributed by atoms with van der Waals surface area (Å²) >= 11 is 0. The van der Waals surface area contributed by atoms with Gasteiger partial charge in [0.15, 0.2) is 5.69 Å². The summed E-state index contributed by atoms with van der Waals surface area (Å²) in [5.41, 5.74) is 3.91. The monoisotopic (exact) mass is 495 g/mol. The highest BCUT2D eigenvalue weighted by Crippen LogP contribution is 2.36. The van der Waals surface area contributed by atoms with Gasteiger partial charge in [0, 0.05) is 62.8 Å². The predicted octanol–water partition coefficient (Wildman–Crippen LogP) is 2.40. The van der Waals surface area contributed by atoms with Crippen LogP contribution in [0.3, 0.4) is 0 Å². The molecule has 2 aromatic heterocycles. The number of morpholine rings is 1. The molecule has 1 amide bonds. The van der Waals surface area contributed by atoms with Gasteiger partial charge in [-0.05, 0) is 0 Å². The Bertz CT molecular complexity index is 1050. The average Bonchev–Trinajstić information content (AvgIpc) is 2.84. The number of halogens is 3. The third-order valence-corrected chi connectivity index (χ3v) is 5.87. The van der Waals surface area contributed by atoms with E-state index in [4.69, 9.17) is 15.2 Å². The van der Waals surface area contributed by atoms with Crippen LogP contribution in [-0.2, 0) is 15.7 Å². The lowest BCUT2D eigenvalue weighted by Crippen LogP contribution is -2.43. The summed E-state index contributed by atoms with van der Waals surface area (Å²) in [6.07, 6.45) is -2.81. The number of amides is 1. The molecule has 0 atom stereocenters. The van der Waals surface area contributed by atoms with Crippen LogP contribution in [0.25, 0.3) is 11.3 Å². The van der Waals surface area contributed by atoms with E-state index in [0.717, 1.165) is 6.20 Å². The molecule has 0 saturated carbocycles. The Morgan fingerprint density at radius 2 is 1.83 bits per heavy atom. The number of carbonyl (C=O) groups excluding carboxylic acids is 1. The first-order valence-electron chi connectivity index (χ1n) is 11.5. The Kier molecular flexibility index (Phi) is 7.24. The van der Waals surface area contributed by atoms with Crippen molar-refractivity contribution in [2.24, 2.45) is 5.92 Å². The summed E-state index contributed by atoms with van der Waals surface area (Å²) < 4.78 is 52.6. The SMILES string of the molecule is CC(C)C(=O)N1CCC(Oc2cc(-c3cnc(N)nc3C(F)(F)F)nc(N3CCOCC3)n2)CC1. The summed E-state index contributed by atoms with van der Waals surface area (Å²) in [6, 6.07) is 1.36. The maximum absolute atomic E-state index is 13.7. The molecule has 13 heteroatoms. The molecule has 0 bridgehead atoms. The van der Waals surface area contributed by atoms with E-state index in [1.54, 1.807) is 4.90 Å². The zero-order valence-electron chi connectivity index (χ0n) is 19.6. The van der Waals surface area contributed by atoms with Crippen LogP contribution >= 0.6 is 0 Å². The molecule has 2 aromatic rings. The van der Waals surface area contributed by atoms with Gasteiger partial charge >= 0.3 is 6.18 Å². The van der Waals surface area contributed by atoms with Crippen LogP contribution in [0.15, 0.2) is 12.3 Å². The highest BCUT2D eigenvalue weighted by molar-refractivity contribution is 5.78. The van der Waals surface area contributed by atoms with E-state index in [-0.39, 0.29) is 41.0 Å². The lowest BCUT2D eigenvalue weighted by molar-refractivity contribution is -0.140. The normalized spacial score (nSPS) is 17.7. The van der Waals surface area contributed by atoms with Crippen LogP contribution in [0.2, 0.25) is 0 Å². The van der Waals surface area contributed by atoms with Gasteiger partial charge < -0.3 is 25.0 Å².